The van der Waals surface area contributed by atoms with Gasteiger partial charge in [-0.25, -0.2) is 9.97 Å². The van der Waals surface area contributed by atoms with Gasteiger partial charge in [0.25, 0.3) is 0 Å². The number of hydrogen-bond donors (Lipinski definition) is 2. The largest absolute Gasteiger partial charge is 0.382 e. The number of likely N-dealkylation sites (N-methyl/N-ethyl adjacent to an activating group) is 1. The van der Waals surface area contributed by atoms with E-state index in [9.17, 15) is 0 Å². The van der Waals surface area contributed by atoms with Crippen molar-refractivity contribution in [2.75, 3.05) is 32.1 Å². The van der Waals surface area contributed by atoms with Crippen LogP contribution < -0.4 is 10.6 Å². The Morgan fingerprint density at radius 1 is 1.53 bits per heavy atom. The summed E-state index contributed by atoms with van der Waals surface area (Å²) in [7, 11) is 4.16. The van der Waals surface area contributed by atoms with Crippen LogP contribution in [0.5, 0.6) is 0 Å². The number of nitrogen functional groups attached to an aromatic ring is 1. The predicted molar refractivity (Wildman–Crippen MR) is 76.7 cm³/mol. The van der Waals surface area contributed by atoms with E-state index in [-0.39, 0.29) is 5.84 Å². The van der Waals surface area contributed by atoms with Crippen LogP contribution in [0.25, 0.3) is 0 Å². The van der Waals surface area contributed by atoms with E-state index in [2.05, 4.69) is 33.9 Å². The van der Waals surface area contributed by atoms with Gasteiger partial charge in [-0.15, -0.1) is 0 Å². The molecule has 2 rings (SSSR count). The van der Waals surface area contributed by atoms with Crippen LogP contribution in [0.1, 0.15) is 24.2 Å². The quantitative estimate of drug-likeness (QED) is 0.613. The monoisotopic (exact) mass is 262 g/mol. The van der Waals surface area contributed by atoms with E-state index in [4.69, 9.17) is 11.1 Å². The Hall–Kier alpha value is -1.69. The zero-order valence-electron chi connectivity index (χ0n) is 11.8. The third-order valence-corrected chi connectivity index (χ3v) is 3.33. The van der Waals surface area contributed by atoms with Crippen LogP contribution in [0, 0.1) is 12.3 Å². The maximum atomic E-state index is 7.52. The lowest BCUT2D eigenvalue weighted by Crippen LogP contribution is -2.38. The molecule has 0 spiro atoms. The van der Waals surface area contributed by atoms with Crippen molar-refractivity contribution < 1.29 is 0 Å². The van der Waals surface area contributed by atoms with Crippen molar-refractivity contribution >= 4 is 11.8 Å². The Morgan fingerprint density at radius 2 is 2.26 bits per heavy atom. The first-order chi connectivity index (χ1) is 8.97. The van der Waals surface area contributed by atoms with Crippen molar-refractivity contribution in [1.29, 1.82) is 5.41 Å². The van der Waals surface area contributed by atoms with E-state index in [0.717, 1.165) is 31.6 Å². The SMILES string of the molecule is Cc1cc(C(=N)N)nc(N2CCCC2CN(C)C)n1. The van der Waals surface area contributed by atoms with E-state index in [1.807, 2.05) is 6.92 Å². The van der Waals surface area contributed by atoms with E-state index in [1.54, 1.807) is 6.07 Å². The molecule has 1 aromatic heterocycles. The Bertz CT molecular complexity index is 470. The number of aromatic nitrogens is 2. The van der Waals surface area contributed by atoms with Crippen LogP contribution in [-0.2, 0) is 0 Å². The van der Waals surface area contributed by atoms with Gasteiger partial charge in [0.2, 0.25) is 5.95 Å². The standard InChI is InChI=1S/C13H22N6/c1-9-7-11(12(14)15)17-13(16-9)19-6-4-5-10(19)8-18(2)3/h7,10H,4-6,8H2,1-3H3,(H3,14,15). The first-order valence-corrected chi connectivity index (χ1v) is 6.59. The molecule has 0 amide bonds. The van der Waals surface area contributed by atoms with Crippen molar-refractivity contribution in [3.05, 3.63) is 17.5 Å². The first-order valence-electron chi connectivity index (χ1n) is 6.59. The summed E-state index contributed by atoms with van der Waals surface area (Å²) in [5, 5.41) is 7.52. The van der Waals surface area contributed by atoms with Gasteiger partial charge in [0.05, 0.1) is 0 Å². The predicted octanol–water partition coefficient (Wildman–Crippen LogP) is 0.599. The highest BCUT2D eigenvalue weighted by Gasteiger charge is 2.27. The number of rotatable bonds is 4. The fourth-order valence-electron chi connectivity index (χ4n) is 2.53. The molecule has 6 nitrogen and oxygen atoms in total. The number of amidine groups is 1. The Labute approximate surface area is 114 Å². The van der Waals surface area contributed by atoms with Crippen LogP contribution in [0.3, 0.4) is 0 Å². The summed E-state index contributed by atoms with van der Waals surface area (Å²) in [5.74, 6) is 0.699. The second kappa shape index (κ2) is 5.52. The zero-order valence-corrected chi connectivity index (χ0v) is 11.8. The van der Waals surface area contributed by atoms with E-state index in [0.29, 0.717) is 17.7 Å². The Kier molecular flexibility index (Phi) is 3.99. The van der Waals surface area contributed by atoms with Crippen molar-refractivity contribution in [3.8, 4) is 0 Å². The highest BCUT2D eigenvalue weighted by molar-refractivity contribution is 5.93. The molecule has 3 N–H and O–H groups in total. The molecule has 0 aromatic carbocycles. The molecular weight excluding hydrogens is 240 g/mol. The number of nitrogens with zero attached hydrogens (tertiary/aromatic N) is 4. The topological polar surface area (TPSA) is 82.1 Å². The fourth-order valence-corrected chi connectivity index (χ4v) is 2.53. The summed E-state index contributed by atoms with van der Waals surface area (Å²) in [6.45, 7) is 3.88. The van der Waals surface area contributed by atoms with Crippen molar-refractivity contribution in [3.63, 3.8) is 0 Å². The summed E-state index contributed by atoms with van der Waals surface area (Å²) in [5.41, 5.74) is 6.90. The molecule has 6 heteroatoms. The minimum atomic E-state index is -0.00453. The van der Waals surface area contributed by atoms with Gasteiger partial charge < -0.3 is 15.5 Å². The van der Waals surface area contributed by atoms with Crippen molar-refractivity contribution in [2.24, 2.45) is 5.73 Å². The molecule has 0 bridgehead atoms. The summed E-state index contributed by atoms with van der Waals surface area (Å²) in [6, 6.07) is 2.19. The zero-order chi connectivity index (χ0) is 14.0. The number of nitrogens with two attached hydrogens (primary N) is 1. The Morgan fingerprint density at radius 3 is 2.89 bits per heavy atom. The second-order valence-corrected chi connectivity index (χ2v) is 5.36. The lowest BCUT2D eigenvalue weighted by atomic mass is 10.2. The highest BCUT2D eigenvalue weighted by atomic mass is 15.3. The van der Waals surface area contributed by atoms with Crippen LogP contribution in [0.2, 0.25) is 0 Å². The van der Waals surface area contributed by atoms with Crippen molar-refractivity contribution in [1.82, 2.24) is 14.9 Å². The van der Waals surface area contributed by atoms with Gasteiger partial charge in [-0.3, -0.25) is 5.41 Å². The molecule has 0 radical (unpaired) electrons. The third kappa shape index (κ3) is 3.20. The molecule has 1 aromatic rings. The molecule has 0 saturated carbocycles. The summed E-state index contributed by atoms with van der Waals surface area (Å²) < 4.78 is 0. The van der Waals surface area contributed by atoms with Crippen LogP contribution in [0.4, 0.5) is 5.95 Å². The molecule has 1 unspecified atom stereocenters. The second-order valence-electron chi connectivity index (χ2n) is 5.36. The van der Waals surface area contributed by atoms with Gasteiger partial charge in [-0.05, 0) is 39.9 Å². The minimum absolute atomic E-state index is 0.00453. The molecule has 104 valence electrons. The highest BCUT2D eigenvalue weighted by Crippen LogP contribution is 2.23. The lowest BCUT2D eigenvalue weighted by molar-refractivity contribution is 0.371. The molecule has 1 aliphatic rings. The van der Waals surface area contributed by atoms with Gasteiger partial charge in [-0.1, -0.05) is 0 Å². The summed E-state index contributed by atoms with van der Waals surface area (Å²) in [4.78, 5) is 13.3. The molecule has 0 aliphatic carbocycles. The minimum Gasteiger partial charge on any atom is -0.382 e. The van der Waals surface area contributed by atoms with Crippen LogP contribution in [0.15, 0.2) is 6.07 Å². The number of anilines is 1. The number of nitrogens with one attached hydrogen (secondary N) is 1. The average Bonchev–Trinajstić information content (AvgIpc) is 2.75. The van der Waals surface area contributed by atoms with Gasteiger partial charge >= 0.3 is 0 Å². The van der Waals surface area contributed by atoms with E-state index >= 15 is 0 Å². The Balaban J connectivity index is 2.27. The fraction of sp³-hybridized carbons (Fsp3) is 0.615. The van der Waals surface area contributed by atoms with Gasteiger partial charge in [-0.2, -0.15) is 0 Å². The van der Waals surface area contributed by atoms with Gasteiger partial charge in [0.15, 0.2) is 0 Å². The molecule has 2 heterocycles. The molecule has 1 fully saturated rings. The summed E-state index contributed by atoms with van der Waals surface area (Å²) in [6.07, 6.45) is 2.32. The first kappa shape index (κ1) is 13.7. The van der Waals surface area contributed by atoms with Gasteiger partial charge in [0, 0.05) is 24.8 Å². The normalized spacial score (nSPS) is 19.2. The summed E-state index contributed by atoms with van der Waals surface area (Å²) >= 11 is 0. The molecule has 1 saturated heterocycles. The number of hydrogen-bond acceptors (Lipinski definition) is 5. The van der Waals surface area contributed by atoms with E-state index in [1.165, 1.54) is 0 Å². The maximum absolute atomic E-state index is 7.52. The van der Waals surface area contributed by atoms with Crippen molar-refractivity contribution in [2.45, 2.75) is 25.8 Å². The molecular formula is C13H22N6. The average molecular weight is 262 g/mol. The molecule has 19 heavy (non-hydrogen) atoms. The number of aryl methyl sites for hydroxylation is 1. The van der Waals surface area contributed by atoms with Gasteiger partial charge in [0.1, 0.15) is 11.5 Å². The van der Waals surface area contributed by atoms with Crippen LogP contribution >= 0.6 is 0 Å². The molecule has 1 aliphatic heterocycles. The third-order valence-electron chi connectivity index (χ3n) is 3.33. The molecule has 1 atom stereocenters. The van der Waals surface area contributed by atoms with E-state index < -0.39 is 0 Å². The smallest absolute Gasteiger partial charge is 0.226 e. The lowest BCUT2D eigenvalue weighted by Gasteiger charge is -2.27. The maximum Gasteiger partial charge on any atom is 0.226 e. The van der Waals surface area contributed by atoms with Crippen LogP contribution in [-0.4, -0.2) is 53.9 Å².